The van der Waals surface area contributed by atoms with E-state index in [9.17, 15) is 19.8 Å². The van der Waals surface area contributed by atoms with Crippen LogP contribution in [0.25, 0.3) is 21.8 Å². The van der Waals surface area contributed by atoms with Gasteiger partial charge in [0.1, 0.15) is 12.2 Å². The first-order chi connectivity index (χ1) is 23.4. The third-order valence-electron chi connectivity index (χ3n) is 13.4. The molecule has 4 fully saturated rings. The molecule has 0 radical (unpaired) electrons. The fourth-order valence-electron chi connectivity index (χ4n) is 11.0. The van der Waals surface area contributed by atoms with Crippen LogP contribution < -0.4 is 10.6 Å². The van der Waals surface area contributed by atoms with Crippen molar-refractivity contribution in [2.24, 2.45) is 22.7 Å². The number of aliphatic hydroxyl groups excluding tert-OH is 2. The van der Waals surface area contributed by atoms with Crippen LogP contribution in [0.15, 0.2) is 48.5 Å². The van der Waals surface area contributed by atoms with Gasteiger partial charge in [-0.3, -0.25) is 9.59 Å². The Balaban J connectivity index is 0.000000139. The molecule has 0 amide bonds. The maximum atomic E-state index is 12.9. The molecule has 49 heavy (non-hydrogen) atoms. The smallest absolute Gasteiger partial charge is 0.314 e. The number of carbonyl (C=O) groups excluding carboxylic acids is 2. The molecular weight excluding hydrogens is 624 g/mol. The molecule has 2 aromatic carbocycles. The molecule has 6 heterocycles. The molecule has 11 heteroatoms. The largest absolute Gasteiger partial charge is 0.459 e. The minimum absolute atomic E-state index is 0. The summed E-state index contributed by atoms with van der Waals surface area (Å²) < 4.78 is 11.5. The number of carbonyl (C=O) groups is 2. The maximum Gasteiger partial charge on any atom is 0.314 e. The fourth-order valence-corrected chi connectivity index (χ4v) is 11.0. The predicted molar refractivity (Wildman–Crippen MR) is 183 cm³/mol. The first kappa shape index (κ1) is 32.5. The van der Waals surface area contributed by atoms with Crippen molar-refractivity contribution in [3.8, 4) is 0 Å². The van der Waals surface area contributed by atoms with Crippen LogP contribution in [0.3, 0.4) is 0 Å². The number of aromatic amines is 2. The number of nitrogens with one attached hydrogen (secondary N) is 4. The number of rotatable bonds is 4. The third-order valence-corrected chi connectivity index (χ3v) is 13.4. The zero-order chi connectivity index (χ0) is 32.9. The second-order valence-corrected chi connectivity index (χ2v) is 14.9. The van der Waals surface area contributed by atoms with E-state index >= 15 is 0 Å². The molecule has 4 bridgehead atoms. The van der Waals surface area contributed by atoms with Gasteiger partial charge in [0.25, 0.3) is 0 Å². The second kappa shape index (κ2) is 11.7. The third kappa shape index (κ3) is 4.26. The average molecular weight is 671 g/mol. The first-order valence-corrected chi connectivity index (χ1v) is 17.7. The summed E-state index contributed by atoms with van der Waals surface area (Å²) in [5, 5.41) is 29.2. The summed E-state index contributed by atoms with van der Waals surface area (Å²) in [6.45, 7) is 5.65. The minimum atomic E-state index is -0.406. The van der Waals surface area contributed by atoms with Crippen molar-refractivity contribution in [2.45, 2.75) is 75.7 Å². The summed E-state index contributed by atoms with van der Waals surface area (Å²) in [6.07, 6.45) is 2.81. The van der Waals surface area contributed by atoms with Gasteiger partial charge in [0.2, 0.25) is 0 Å². The van der Waals surface area contributed by atoms with E-state index < -0.39 is 12.2 Å². The van der Waals surface area contributed by atoms with Crippen LogP contribution in [0.4, 0.5) is 0 Å². The van der Waals surface area contributed by atoms with Crippen molar-refractivity contribution >= 4 is 33.7 Å². The lowest BCUT2D eigenvalue weighted by atomic mass is 9.55. The highest BCUT2D eigenvalue weighted by Crippen LogP contribution is 2.60. The van der Waals surface area contributed by atoms with E-state index in [4.69, 9.17) is 9.47 Å². The molecule has 4 saturated heterocycles. The molecule has 0 saturated carbocycles. The SMILES string of the molecule is CC[C@@]12CN[C@H]3C[C@@H]1[C@@H](C(=O)O[C@@H]2CO)c1c3[nH]c2ccccc12.CC[C@@]12CN[C@H]3C[C@@H]1[C@@H](C(=O)O[C@@H]2CO)c1c3[nH]c2ccccc12.O. The number of hydrogen-bond acceptors (Lipinski definition) is 8. The zero-order valence-corrected chi connectivity index (χ0v) is 27.9. The van der Waals surface area contributed by atoms with Crippen molar-refractivity contribution < 1.29 is 34.8 Å². The first-order valence-electron chi connectivity index (χ1n) is 17.7. The van der Waals surface area contributed by atoms with E-state index in [1.807, 2.05) is 24.3 Å². The number of piperidine rings is 2. The molecular formula is C38H46N4O7. The van der Waals surface area contributed by atoms with E-state index in [1.54, 1.807) is 0 Å². The molecule has 10 atom stereocenters. The van der Waals surface area contributed by atoms with Crippen LogP contribution in [0.5, 0.6) is 0 Å². The summed E-state index contributed by atoms with van der Waals surface area (Å²) >= 11 is 0. The summed E-state index contributed by atoms with van der Waals surface area (Å²) in [4.78, 5) is 32.8. The highest BCUT2D eigenvalue weighted by molar-refractivity contribution is 5.94. The van der Waals surface area contributed by atoms with E-state index in [0.29, 0.717) is 0 Å². The molecule has 4 aromatic rings. The van der Waals surface area contributed by atoms with E-state index in [-0.39, 0.29) is 77.2 Å². The Kier molecular flexibility index (Phi) is 7.73. The average Bonchev–Trinajstić information content (AvgIpc) is 3.71. The number of fused-ring (bicyclic) bond motifs is 12. The van der Waals surface area contributed by atoms with Gasteiger partial charge in [-0.1, -0.05) is 50.2 Å². The van der Waals surface area contributed by atoms with Crippen molar-refractivity contribution in [2.75, 3.05) is 26.3 Å². The van der Waals surface area contributed by atoms with Crippen LogP contribution in [0.1, 0.15) is 86.0 Å². The van der Waals surface area contributed by atoms with Crippen molar-refractivity contribution in [3.63, 3.8) is 0 Å². The Bertz CT molecular complexity index is 1800. The van der Waals surface area contributed by atoms with Crippen molar-refractivity contribution in [3.05, 3.63) is 71.0 Å². The fraction of sp³-hybridized carbons (Fsp3) is 0.526. The lowest BCUT2D eigenvalue weighted by Gasteiger charge is -2.57. The van der Waals surface area contributed by atoms with Gasteiger partial charge in [0.15, 0.2) is 0 Å². The molecule has 2 aromatic heterocycles. The predicted octanol–water partition coefficient (Wildman–Crippen LogP) is 3.63. The number of aromatic nitrogens is 2. The number of hydrogen-bond donors (Lipinski definition) is 6. The summed E-state index contributed by atoms with van der Waals surface area (Å²) in [7, 11) is 0. The summed E-state index contributed by atoms with van der Waals surface area (Å²) in [6, 6.07) is 16.9. The second-order valence-electron chi connectivity index (χ2n) is 14.9. The Hall–Kier alpha value is -3.74. The van der Waals surface area contributed by atoms with Crippen LogP contribution in [0.2, 0.25) is 0 Å². The lowest BCUT2D eigenvalue weighted by Crippen LogP contribution is -2.63. The topological polar surface area (TPSA) is 180 Å². The highest BCUT2D eigenvalue weighted by Gasteiger charge is 2.62. The molecule has 6 aliphatic rings. The summed E-state index contributed by atoms with van der Waals surface area (Å²) in [5.41, 5.74) is 6.30. The number of cyclic esters (lactones) is 2. The van der Waals surface area contributed by atoms with E-state index in [0.717, 1.165) is 83.1 Å². The number of H-pyrrole nitrogens is 2. The van der Waals surface area contributed by atoms with Gasteiger partial charge in [0, 0.05) is 69.2 Å². The van der Waals surface area contributed by atoms with Gasteiger partial charge in [0.05, 0.1) is 25.0 Å². The number of aliphatic hydroxyl groups is 2. The van der Waals surface area contributed by atoms with Gasteiger partial charge in [-0.25, -0.2) is 0 Å². The minimum Gasteiger partial charge on any atom is -0.459 e. The molecule has 2 aliphatic carbocycles. The van der Waals surface area contributed by atoms with Crippen molar-refractivity contribution in [1.29, 1.82) is 0 Å². The Morgan fingerprint density at radius 1 is 0.694 bits per heavy atom. The van der Waals surface area contributed by atoms with Gasteiger partial charge in [-0.15, -0.1) is 0 Å². The Morgan fingerprint density at radius 3 is 1.49 bits per heavy atom. The monoisotopic (exact) mass is 670 g/mol. The lowest BCUT2D eigenvalue weighted by molar-refractivity contribution is -0.193. The number of ether oxygens (including phenoxy) is 2. The highest BCUT2D eigenvalue weighted by atomic mass is 16.6. The maximum absolute atomic E-state index is 12.9. The van der Waals surface area contributed by atoms with Crippen LogP contribution >= 0.6 is 0 Å². The Morgan fingerprint density at radius 2 is 1.10 bits per heavy atom. The standard InChI is InChI=1S/2C19H22N2O3.H2O/c2*1-2-19-9-20-13-7-11(19)16(18(23)24-14(19)8-22)15-10-5-3-4-6-12(10)21-17(13)15;/h2*3-6,11,13-14,16,20-22H,2,7-9H2,1H3;1H2/t2*11-,13+,14-,16-,19-;/m11./s1. The molecule has 0 spiro atoms. The van der Waals surface area contributed by atoms with Gasteiger partial charge >= 0.3 is 11.9 Å². The van der Waals surface area contributed by atoms with Gasteiger partial charge in [-0.2, -0.15) is 0 Å². The number of para-hydroxylation sites is 2. The molecule has 11 nitrogen and oxygen atoms in total. The molecule has 0 unspecified atom stereocenters. The van der Waals surface area contributed by atoms with Crippen LogP contribution in [-0.4, -0.2) is 76.1 Å². The van der Waals surface area contributed by atoms with E-state index in [1.165, 1.54) is 0 Å². The number of esters is 2. The molecule has 8 N–H and O–H groups in total. The zero-order valence-electron chi connectivity index (χ0n) is 27.9. The number of benzene rings is 2. The van der Waals surface area contributed by atoms with Gasteiger partial charge < -0.3 is 45.8 Å². The summed E-state index contributed by atoms with van der Waals surface area (Å²) in [5.74, 6) is -0.351. The van der Waals surface area contributed by atoms with Crippen LogP contribution in [-0.2, 0) is 19.1 Å². The van der Waals surface area contributed by atoms with Gasteiger partial charge in [-0.05, 0) is 60.8 Å². The van der Waals surface area contributed by atoms with Crippen LogP contribution in [0, 0.1) is 22.7 Å². The van der Waals surface area contributed by atoms with Crippen molar-refractivity contribution in [1.82, 2.24) is 20.6 Å². The normalized spacial score (nSPS) is 36.4. The van der Waals surface area contributed by atoms with E-state index in [2.05, 4.69) is 58.7 Å². The molecule has 4 aliphatic heterocycles. The molecule has 10 rings (SSSR count). The quantitative estimate of drug-likeness (QED) is 0.178. The molecule has 260 valence electrons. The Labute approximate surface area is 284 Å².